The second-order valence-electron chi connectivity index (χ2n) is 2.59. The van der Waals surface area contributed by atoms with Crippen LogP contribution in [-0.2, 0) is 4.84 Å². The minimum Gasteiger partial charge on any atom is -0.276 e. The molecule has 0 aliphatic rings. The molecule has 0 heterocycles. The molecule has 0 aromatic rings. The average molecular weight is 129 g/mol. The molecule has 0 rings (SSSR count). The monoisotopic (exact) mass is 129 g/mol. The van der Waals surface area contributed by atoms with Crippen LogP contribution in [0.5, 0.6) is 0 Å². The smallest absolute Gasteiger partial charge is 0.0768 e. The van der Waals surface area contributed by atoms with Gasteiger partial charge in [-0.1, -0.05) is 20.4 Å². The summed E-state index contributed by atoms with van der Waals surface area (Å²) in [6, 6.07) is 0. The fourth-order valence-electron chi connectivity index (χ4n) is 0.332. The number of hydrogen-bond donors (Lipinski definition) is 1. The molecule has 54 valence electrons. The van der Waals surface area contributed by atoms with Gasteiger partial charge in [-0.25, -0.2) is 0 Å². The highest BCUT2D eigenvalue weighted by Crippen LogP contribution is 1.90. The lowest BCUT2D eigenvalue weighted by atomic mass is 10.2. The summed E-state index contributed by atoms with van der Waals surface area (Å²) in [5.41, 5.74) is 3.53. The summed E-state index contributed by atoms with van der Waals surface area (Å²) in [6.45, 7) is 10.4. The topological polar surface area (TPSA) is 21.3 Å². The van der Waals surface area contributed by atoms with E-state index in [1.807, 2.05) is 6.92 Å². The fourth-order valence-corrected chi connectivity index (χ4v) is 0.332. The predicted octanol–water partition coefficient (Wildman–Crippen LogP) is 1.70. The van der Waals surface area contributed by atoms with E-state index in [4.69, 9.17) is 4.84 Å². The van der Waals surface area contributed by atoms with Crippen LogP contribution in [0, 0.1) is 5.92 Å². The molecule has 0 amide bonds. The molecule has 0 atom stereocenters. The SMILES string of the molecule is C=C(C)NOCC(C)C. The quantitative estimate of drug-likeness (QED) is 0.583. The van der Waals surface area contributed by atoms with Crippen molar-refractivity contribution in [2.75, 3.05) is 6.61 Å². The molecule has 0 saturated heterocycles. The van der Waals surface area contributed by atoms with Gasteiger partial charge in [0.05, 0.1) is 6.61 Å². The van der Waals surface area contributed by atoms with Crippen molar-refractivity contribution in [3.8, 4) is 0 Å². The number of rotatable bonds is 4. The largest absolute Gasteiger partial charge is 0.276 e. The van der Waals surface area contributed by atoms with Crippen LogP contribution in [0.2, 0.25) is 0 Å². The van der Waals surface area contributed by atoms with Crippen LogP contribution in [0.25, 0.3) is 0 Å². The summed E-state index contributed by atoms with van der Waals surface area (Å²) in [5, 5.41) is 0. The van der Waals surface area contributed by atoms with Gasteiger partial charge in [-0.3, -0.25) is 10.3 Å². The van der Waals surface area contributed by atoms with E-state index >= 15 is 0 Å². The van der Waals surface area contributed by atoms with Crippen LogP contribution in [0.4, 0.5) is 0 Å². The average Bonchev–Trinajstić information content (AvgIpc) is 1.63. The van der Waals surface area contributed by atoms with Crippen molar-refractivity contribution in [2.45, 2.75) is 20.8 Å². The molecular weight excluding hydrogens is 114 g/mol. The van der Waals surface area contributed by atoms with Gasteiger partial charge in [0.2, 0.25) is 0 Å². The molecule has 2 heteroatoms. The molecule has 0 aliphatic heterocycles. The third kappa shape index (κ3) is 7.50. The van der Waals surface area contributed by atoms with E-state index in [9.17, 15) is 0 Å². The first kappa shape index (κ1) is 8.50. The van der Waals surface area contributed by atoms with Crippen molar-refractivity contribution in [3.63, 3.8) is 0 Å². The summed E-state index contributed by atoms with van der Waals surface area (Å²) in [4.78, 5) is 5.01. The molecule has 9 heavy (non-hydrogen) atoms. The highest BCUT2D eigenvalue weighted by molar-refractivity contribution is 4.79. The van der Waals surface area contributed by atoms with Crippen molar-refractivity contribution in [3.05, 3.63) is 12.3 Å². The third-order valence-corrected chi connectivity index (χ3v) is 0.663. The Morgan fingerprint density at radius 3 is 2.56 bits per heavy atom. The van der Waals surface area contributed by atoms with Gasteiger partial charge in [-0.15, -0.1) is 0 Å². The van der Waals surface area contributed by atoms with Gasteiger partial charge in [-0.05, 0) is 12.8 Å². The second kappa shape index (κ2) is 4.39. The van der Waals surface area contributed by atoms with Crippen molar-refractivity contribution < 1.29 is 4.84 Å². The Kier molecular flexibility index (Phi) is 4.14. The molecule has 1 N–H and O–H groups in total. The van der Waals surface area contributed by atoms with Crippen molar-refractivity contribution in [1.29, 1.82) is 0 Å². The Morgan fingerprint density at radius 1 is 1.67 bits per heavy atom. The van der Waals surface area contributed by atoms with E-state index in [2.05, 4.69) is 25.9 Å². The molecule has 0 aromatic carbocycles. The zero-order valence-electron chi connectivity index (χ0n) is 6.40. The summed E-state index contributed by atoms with van der Waals surface area (Å²) in [6.07, 6.45) is 0. The van der Waals surface area contributed by atoms with E-state index < -0.39 is 0 Å². The first-order chi connectivity index (χ1) is 4.13. The first-order valence-electron chi connectivity index (χ1n) is 3.16. The molecule has 0 bridgehead atoms. The van der Waals surface area contributed by atoms with E-state index in [0.29, 0.717) is 5.92 Å². The lowest BCUT2D eigenvalue weighted by Gasteiger charge is -2.06. The van der Waals surface area contributed by atoms with Crippen molar-refractivity contribution in [2.24, 2.45) is 5.92 Å². The molecule has 0 aromatic heterocycles. The van der Waals surface area contributed by atoms with Crippen molar-refractivity contribution >= 4 is 0 Å². The number of hydrogen-bond acceptors (Lipinski definition) is 2. The molecule has 2 nitrogen and oxygen atoms in total. The van der Waals surface area contributed by atoms with Crippen LogP contribution in [-0.4, -0.2) is 6.61 Å². The van der Waals surface area contributed by atoms with Gasteiger partial charge < -0.3 is 0 Å². The lowest BCUT2D eigenvalue weighted by Crippen LogP contribution is -2.14. The van der Waals surface area contributed by atoms with E-state index in [0.717, 1.165) is 12.3 Å². The standard InChI is InChI=1S/C7H15NO/c1-6(2)5-9-8-7(3)4/h6,8H,3,5H2,1-2,4H3. The molecule has 0 unspecified atom stereocenters. The Bertz CT molecular complexity index is 88.9. The Balaban J connectivity index is 3.01. The van der Waals surface area contributed by atoms with Gasteiger partial charge >= 0.3 is 0 Å². The van der Waals surface area contributed by atoms with E-state index in [1.165, 1.54) is 0 Å². The van der Waals surface area contributed by atoms with Crippen LogP contribution in [0.15, 0.2) is 12.3 Å². The normalized spacial score (nSPS) is 9.78. The van der Waals surface area contributed by atoms with Gasteiger partial charge in [0, 0.05) is 5.70 Å². The van der Waals surface area contributed by atoms with E-state index in [1.54, 1.807) is 0 Å². The van der Waals surface area contributed by atoms with Crippen LogP contribution in [0.3, 0.4) is 0 Å². The molecular formula is C7H15NO. The first-order valence-corrected chi connectivity index (χ1v) is 3.16. The number of allylic oxidation sites excluding steroid dienone is 1. The van der Waals surface area contributed by atoms with Crippen LogP contribution < -0.4 is 5.48 Å². The van der Waals surface area contributed by atoms with Gasteiger partial charge in [0.15, 0.2) is 0 Å². The molecule has 0 aliphatic carbocycles. The summed E-state index contributed by atoms with van der Waals surface area (Å²) in [7, 11) is 0. The van der Waals surface area contributed by atoms with Crippen LogP contribution in [0.1, 0.15) is 20.8 Å². The Morgan fingerprint density at radius 2 is 2.22 bits per heavy atom. The number of nitrogens with one attached hydrogen (secondary N) is 1. The number of hydroxylamine groups is 1. The third-order valence-electron chi connectivity index (χ3n) is 0.663. The van der Waals surface area contributed by atoms with Crippen molar-refractivity contribution in [1.82, 2.24) is 5.48 Å². The summed E-state index contributed by atoms with van der Waals surface area (Å²) >= 11 is 0. The van der Waals surface area contributed by atoms with Gasteiger partial charge in [0.1, 0.15) is 0 Å². The highest BCUT2D eigenvalue weighted by Gasteiger charge is 1.91. The highest BCUT2D eigenvalue weighted by atomic mass is 16.6. The maximum absolute atomic E-state index is 5.01. The minimum atomic E-state index is 0.567. The maximum Gasteiger partial charge on any atom is 0.0768 e. The zero-order chi connectivity index (χ0) is 7.28. The lowest BCUT2D eigenvalue weighted by molar-refractivity contribution is 0.0441. The fraction of sp³-hybridized carbons (Fsp3) is 0.714. The Labute approximate surface area is 56.9 Å². The van der Waals surface area contributed by atoms with E-state index in [-0.39, 0.29) is 0 Å². The van der Waals surface area contributed by atoms with Gasteiger partial charge in [-0.2, -0.15) is 0 Å². The predicted molar refractivity (Wildman–Crippen MR) is 38.7 cm³/mol. The minimum absolute atomic E-state index is 0.567. The summed E-state index contributed by atoms with van der Waals surface area (Å²) < 4.78 is 0. The maximum atomic E-state index is 5.01. The molecule has 0 radical (unpaired) electrons. The molecule has 0 spiro atoms. The Hall–Kier alpha value is -0.500. The molecule has 0 saturated carbocycles. The summed E-state index contributed by atoms with van der Waals surface area (Å²) in [5.74, 6) is 0.567. The van der Waals surface area contributed by atoms with Gasteiger partial charge in [0.25, 0.3) is 0 Å². The molecule has 0 fully saturated rings. The second-order valence-corrected chi connectivity index (χ2v) is 2.59. The zero-order valence-corrected chi connectivity index (χ0v) is 6.40. The van der Waals surface area contributed by atoms with Crippen LogP contribution >= 0.6 is 0 Å².